The number of carbonyl (C=O) groups is 1. The molecule has 3 atom stereocenters. The Balaban J connectivity index is 1.69. The average molecular weight is 239 g/mol. The van der Waals surface area contributed by atoms with Gasteiger partial charge in [-0.1, -0.05) is 0 Å². The first-order chi connectivity index (χ1) is 8.08. The highest BCUT2D eigenvalue weighted by Crippen LogP contribution is 2.31. The fraction of sp³-hybridized carbons (Fsp3) is 0.923. The van der Waals surface area contributed by atoms with Crippen molar-refractivity contribution in [2.24, 2.45) is 11.7 Å². The SMILES string of the molecule is CC1CCC(C)N1CC(=O)NCC(N)C1CC1. The summed E-state index contributed by atoms with van der Waals surface area (Å²) in [6.45, 7) is 5.57. The Kier molecular flexibility index (Phi) is 4.05. The maximum Gasteiger partial charge on any atom is 0.234 e. The minimum atomic E-state index is 0.127. The van der Waals surface area contributed by atoms with Crippen LogP contribution < -0.4 is 11.1 Å². The molecule has 1 saturated carbocycles. The van der Waals surface area contributed by atoms with Gasteiger partial charge in [-0.3, -0.25) is 9.69 Å². The molecule has 2 rings (SSSR count). The molecule has 2 aliphatic rings. The quantitative estimate of drug-likeness (QED) is 0.743. The Hall–Kier alpha value is -0.610. The monoisotopic (exact) mass is 239 g/mol. The van der Waals surface area contributed by atoms with Crippen molar-refractivity contribution in [1.29, 1.82) is 0 Å². The van der Waals surface area contributed by atoms with Crippen molar-refractivity contribution in [2.75, 3.05) is 13.1 Å². The van der Waals surface area contributed by atoms with E-state index in [1.807, 2.05) is 0 Å². The van der Waals surface area contributed by atoms with E-state index in [4.69, 9.17) is 5.73 Å². The van der Waals surface area contributed by atoms with Gasteiger partial charge < -0.3 is 11.1 Å². The molecule has 1 aliphatic carbocycles. The minimum absolute atomic E-state index is 0.127. The molecule has 1 saturated heterocycles. The molecule has 17 heavy (non-hydrogen) atoms. The molecule has 0 bridgehead atoms. The summed E-state index contributed by atoms with van der Waals surface area (Å²) in [4.78, 5) is 14.1. The molecule has 0 spiro atoms. The summed E-state index contributed by atoms with van der Waals surface area (Å²) in [5, 5.41) is 2.97. The zero-order chi connectivity index (χ0) is 12.4. The Morgan fingerprint density at radius 3 is 2.41 bits per heavy atom. The summed E-state index contributed by atoms with van der Waals surface area (Å²) in [6, 6.07) is 1.23. The van der Waals surface area contributed by atoms with Gasteiger partial charge in [-0.05, 0) is 45.4 Å². The molecular formula is C13H25N3O. The van der Waals surface area contributed by atoms with Crippen molar-refractivity contribution in [3.8, 4) is 0 Å². The second-order valence-corrected chi connectivity index (χ2v) is 5.75. The summed E-state index contributed by atoms with van der Waals surface area (Å²) in [7, 11) is 0. The van der Waals surface area contributed by atoms with E-state index in [1.54, 1.807) is 0 Å². The van der Waals surface area contributed by atoms with Crippen molar-refractivity contribution >= 4 is 5.91 Å². The topological polar surface area (TPSA) is 58.4 Å². The predicted octanol–water partition coefficient (Wildman–Crippen LogP) is 0.713. The van der Waals surface area contributed by atoms with Gasteiger partial charge in [0, 0.05) is 24.7 Å². The fourth-order valence-electron chi connectivity index (χ4n) is 2.70. The van der Waals surface area contributed by atoms with E-state index in [0.29, 0.717) is 31.1 Å². The van der Waals surface area contributed by atoms with E-state index >= 15 is 0 Å². The molecule has 1 heterocycles. The lowest BCUT2D eigenvalue weighted by molar-refractivity contribution is -0.122. The predicted molar refractivity (Wildman–Crippen MR) is 68.6 cm³/mol. The molecule has 0 aromatic rings. The van der Waals surface area contributed by atoms with Gasteiger partial charge in [0.05, 0.1) is 6.54 Å². The second kappa shape index (κ2) is 5.36. The number of amides is 1. The number of likely N-dealkylation sites (tertiary alicyclic amines) is 1. The van der Waals surface area contributed by atoms with Crippen LogP contribution in [0, 0.1) is 5.92 Å². The number of rotatable bonds is 5. The van der Waals surface area contributed by atoms with Gasteiger partial charge in [-0.15, -0.1) is 0 Å². The number of nitrogens with one attached hydrogen (secondary N) is 1. The van der Waals surface area contributed by atoms with E-state index in [0.717, 1.165) is 0 Å². The van der Waals surface area contributed by atoms with Crippen molar-refractivity contribution in [3.05, 3.63) is 0 Å². The number of nitrogens with zero attached hydrogens (tertiary/aromatic N) is 1. The molecule has 0 aromatic heterocycles. The molecule has 3 unspecified atom stereocenters. The molecule has 2 fully saturated rings. The molecule has 4 nitrogen and oxygen atoms in total. The molecule has 1 amide bonds. The zero-order valence-electron chi connectivity index (χ0n) is 11.0. The Bertz CT molecular complexity index is 268. The third-order valence-electron chi connectivity index (χ3n) is 4.22. The number of hydrogen-bond acceptors (Lipinski definition) is 3. The van der Waals surface area contributed by atoms with Gasteiger partial charge in [0.15, 0.2) is 0 Å². The first-order valence-electron chi connectivity index (χ1n) is 6.86. The first-order valence-corrected chi connectivity index (χ1v) is 6.86. The van der Waals surface area contributed by atoms with Crippen molar-refractivity contribution in [3.63, 3.8) is 0 Å². The van der Waals surface area contributed by atoms with Crippen LogP contribution in [-0.4, -0.2) is 42.0 Å². The maximum absolute atomic E-state index is 11.8. The van der Waals surface area contributed by atoms with Gasteiger partial charge in [0.25, 0.3) is 0 Å². The number of nitrogens with two attached hydrogens (primary N) is 1. The van der Waals surface area contributed by atoms with Crippen molar-refractivity contribution in [1.82, 2.24) is 10.2 Å². The van der Waals surface area contributed by atoms with E-state index in [2.05, 4.69) is 24.1 Å². The van der Waals surface area contributed by atoms with Crippen LogP contribution in [0.2, 0.25) is 0 Å². The molecule has 3 N–H and O–H groups in total. The van der Waals surface area contributed by atoms with E-state index in [1.165, 1.54) is 25.7 Å². The highest BCUT2D eigenvalue weighted by Gasteiger charge is 2.30. The van der Waals surface area contributed by atoms with Crippen LogP contribution in [0.5, 0.6) is 0 Å². The highest BCUT2D eigenvalue weighted by molar-refractivity contribution is 5.78. The van der Waals surface area contributed by atoms with E-state index in [-0.39, 0.29) is 11.9 Å². The van der Waals surface area contributed by atoms with Crippen LogP contribution in [0.25, 0.3) is 0 Å². The lowest BCUT2D eigenvalue weighted by Gasteiger charge is -2.25. The van der Waals surface area contributed by atoms with E-state index < -0.39 is 0 Å². The summed E-state index contributed by atoms with van der Waals surface area (Å²) >= 11 is 0. The van der Waals surface area contributed by atoms with Crippen molar-refractivity contribution in [2.45, 2.75) is 57.7 Å². The normalized spacial score (nSPS) is 31.5. The fourth-order valence-corrected chi connectivity index (χ4v) is 2.70. The standard InChI is InChI=1S/C13H25N3O/c1-9-3-4-10(2)16(9)8-13(17)15-7-12(14)11-5-6-11/h9-12H,3-8,14H2,1-2H3,(H,15,17). The minimum Gasteiger partial charge on any atom is -0.353 e. The summed E-state index contributed by atoms with van der Waals surface area (Å²) < 4.78 is 0. The van der Waals surface area contributed by atoms with Crippen LogP contribution in [-0.2, 0) is 4.79 Å². The maximum atomic E-state index is 11.8. The number of carbonyl (C=O) groups excluding carboxylic acids is 1. The zero-order valence-corrected chi connectivity index (χ0v) is 11.0. The summed E-state index contributed by atoms with van der Waals surface area (Å²) in [5.41, 5.74) is 5.96. The molecule has 1 aliphatic heterocycles. The first kappa shape index (κ1) is 12.8. The Morgan fingerprint density at radius 2 is 1.88 bits per heavy atom. The molecular weight excluding hydrogens is 214 g/mol. The van der Waals surface area contributed by atoms with Crippen LogP contribution in [0.4, 0.5) is 0 Å². The average Bonchev–Trinajstić information content (AvgIpc) is 3.09. The summed E-state index contributed by atoms with van der Waals surface area (Å²) in [6.07, 6.45) is 4.88. The Morgan fingerprint density at radius 1 is 1.29 bits per heavy atom. The lowest BCUT2D eigenvalue weighted by Crippen LogP contribution is -2.45. The number of hydrogen-bond donors (Lipinski definition) is 2. The van der Waals surface area contributed by atoms with E-state index in [9.17, 15) is 4.79 Å². The lowest BCUT2D eigenvalue weighted by atomic mass is 10.2. The third-order valence-corrected chi connectivity index (χ3v) is 4.22. The molecule has 98 valence electrons. The van der Waals surface area contributed by atoms with Crippen LogP contribution in [0.15, 0.2) is 0 Å². The second-order valence-electron chi connectivity index (χ2n) is 5.75. The third kappa shape index (κ3) is 3.42. The van der Waals surface area contributed by atoms with Crippen LogP contribution in [0.3, 0.4) is 0 Å². The van der Waals surface area contributed by atoms with Gasteiger partial charge in [0.1, 0.15) is 0 Å². The smallest absolute Gasteiger partial charge is 0.234 e. The Labute approximate surface area is 104 Å². The van der Waals surface area contributed by atoms with Gasteiger partial charge >= 0.3 is 0 Å². The van der Waals surface area contributed by atoms with Gasteiger partial charge in [-0.2, -0.15) is 0 Å². The molecule has 0 radical (unpaired) electrons. The molecule has 4 heteroatoms. The van der Waals surface area contributed by atoms with Crippen molar-refractivity contribution < 1.29 is 4.79 Å². The van der Waals surface area contributed by atoms with Crippen LogP contribution in [0.1, 0.15) is 39.5 Å². The van der Waals surface area contributed by atoms with Gasteiger partial charge in [0.2, 0.25) is 5.91 Å². The highest BCUT2D eigenvalue weighted by atomic mass is 16.2. The van der Waals surface area contributed by atoms with Gasteiger partial charge in [-0.25, -0.2) is 0 Å². The van der Waals surface area contributed by atoms with Crippen LogP contribution >= 0.6 is 0 Å². The summed E-state index contributed by atoms with van der Waals surface area (Å²) in [5.74, 6) is 0.779. The largest absolute Gasteiger partial charge is 0.353 e. The molecule has 0 aromatic carbocycles.